The summed E-state index contributed by atoms with van der Waals surface area (Å²) in [6.07, 6.45) is 3.27. The standard InChI is InChI=1S/C8H14N4O/c1-3-11(2)7(13)6-12-5-4-10-8(12)9/h4-5H,3,6H2,1-2H3,(H2,9,10). The number of nitrogens with zero attached hydrogens (tertiary/aromatic N) is 3. The Labute approximate surface area is 77.2 Å². The van der Waals surface area contributed by atoms with Gasteiger partial charge in [-0.05, 0) is 6.92 Å². The highest BCUT2D eigenvalue weighted by molar-refractivity contribution is 5.75. The molecule has 0 atom stereocenters. The first-order valence-electron chi connectivity index (χ1n) is 4.15. The van der Waals surface area contributed by atoms with Crippen LogP contribution in [0.2, 0.25) is 0 Å². The minimum absolute atomic E-state index is 0.0344. The number of nitrogen functional groups attached to an aromatic ring is 1. The lowest BCUT2D eigenvalue weighted by Gasteiger charge is -2.14. The summed E-state index contributed by atoms with van der Waals surface area (Å²) in [7, 11) is 1.76. The van der Waals surface area contributed by atoms with Gasteiger partial charge in [-0.15, -0.1) is 0 Å². The molecule has 0 spiro atoms. The lowest BCUT2D eigenvalue weighted by molar-refractivity contribution is -0.130. The zero-order valence-electron chi connectivity index (χ0n) is 7.90. The van der Waals surface area contributed by atoms with Gasteiger partial charge in [-0.25, -0.2) is 4.98 Å². The third-order valence-electron chi connectivity index (χ3n) is 1.95. The molecule has 72 valence electrons. The van der Waals surface area contributed by atoms with Crippen molar-refractivity contribution in [3.63, 3.8) is 0 Å². The molecular formula is C8H14N4O. The fourth-order valence-corrected chi connectivity index (χ4v) is 0.917. The fraction of sp³-hybridized carbons (Fsp3) is 0.500. The van der Waals surface area contributed by atoms with E-state index in [0.717, 1.165) is 0 Å². The highest BCUT2D eigenvalue weighted by atomic mass is 16.2. The van der Waals surface area contributed by atoms with Crippen LogP contribution in [0.3, 0.4) is 0 Å². The van der Waals surface area contributed by atoms with E-state index in [1.54, 1.807) is 28.9 Å². The Bertz CT molecular complexity index is 294. The maximum Gasteiger partial charge on any atom is 0.242 e. The van der Waals surface area contributed by atoms with Gasteiger partial charge < -0.3 is 15.2 Å². The Balaban J connectivity index is 2.60. The number of carbonyl (C=O) groups excluding carboxylic acids is 1. The minimum Gasteiger partial charge on any atom is -0.369 e. The third-order valence-corrected chi connectivity index (χ3v) is 1.95. The van der Waals surface area contributed by atoms with Crippen LogP contribution in [0.1, 0.15) is 6.92 Å². The molecule has 13 heavy (non-hydrogen) atoms. The van der Waals surface area contributed by atoms with Crippen molar-refractivity contribution < 1.29 is 4.79 Å². The summed E-state index contributed by atoms with van der Waals surface area (Å²) in [6.45, 7) is 2.89. The second kappa shape index (κ2) is 3.93. The molecular weight excluding hydrogens is 168 g/mol. The molecule has 0 radical (unpaired) electrons. The van der Waals surface area contributed by atoms with Crippen molar-refractivity contribution >= 4 is 11.9 Å². The van der Waals surface area contributed by atoms with Gasteiger partial charge in [0.05, 0.1) is 0 Å². The van der Waals surface area contributed by atoms with Crippen LogP contribution in [0.15, 0.2) is 12.4 Å². The Hall–Kier alpha value is -1.52. The van der Waals surface area contributed by atoms with E-state index >= 15 is 0 Å². The van der Waals surface area contributed by atoms with Gasteiger partial charge in [0, 0.05) is 26.0 Å². The van der Waals surface area contributed by atoms with Crippen molar-refractivity contribution in [3.8, 4) is 0 Å². The Morgan fingerprint density at radius 2 is 2.46 bits per heavy atom. The molecule has 0 aliphatic carbocycles. The molecule has 0 bridgehead atoms. The lowest BCUT2D eigenvalue weighted by atomic mass is 10.5. The molecule has 1 aromatic heterocycles. The van der Waals surface area contributed by atoms with Gasteiger partial charge in [0.15, 0.2) is 0 Å². The summed E-state index contributed by atoms with van der Waals surface area (Å²) in [6, 6.07) is 0. The highest BCUT2D eigenvalue weighted by Gasteiger charge is 2.08. The van der Waals surface area contributed by atoms with Crippen molar-refractivity contribution in [2.24, 2.45) is 0 Å². The van der Waals surface area contributed by atoms with E-state index in [9.17, 15) is 4.79 Å². The first-order chi connectivity index (χ1) is 6.15. The van der Waals surface area contributed by atoms with Gasteiger partial charge in [-0.2, -0.15) is 0 Å². The minimum atomic E-state index is 0.0344. The number of rotatable bonds is 3. The summed E-state index contributed by atoms with van der Waals surface area (Å²) in [5, 5.41) is 0. The second-order valence-electron chi connectivity index (χ2n) is 2.82. The van der Waals surface area contributed by atoms with Crippen molar-refractivity contribution in [2.45, 2.75) is 13.5 Å². The molecule has 1 heterocycles. The Kier molecular flexibility index (Phi) is 2.89. The highest BCUT2D eigenvalue weighted by Crippen LogP contribution is 1.99. The van der Waals surface area contributed by atoms with Crippen LogP contribution in [-0.2, 0) is 11.3 Å². The zero-order valence-corrected chi connectivity index (χ0v) is 7.90. The maximum absolute atomic E-state index is 11.4. The number of imidazole rings is 1. The SMILES string of the molecule is CCN(C)C(=O)Cn1ccnc1N. The van der Waals surface area contributed by atoms with Gasteiger partial charge in [-0.3, -0.25) is 4.79 Å². The van der Waals surface area contributed by atoms with Gasteiger partial charge in [0.25, 0.3) is 0 Å². The largest absolute Gasteiger partial charge is 0.369 e. The fourth-order valence-electron chi connectivity index (χ4n) is 0.917. The van der Waals surface area contributed by atoms with Gasteiger partial charge >= 0.3 is 0 Å². The Morgan fingerprint density at radius 3 is 2.92 bits per heavy atom. The van der Waals surface area contributed by atoms with E-state index in [1.807, 2.05) is 6.92 Å². The molecule has 1 rings (SSSR count). The van der Waals surface area contributed by atoms with E-state index in [1.165, 1.54) is 0 Å². The number of aromatic nitrogens is 2. The van der Waals surface area contributed by atoms with Gasteiger partial charge in [0.1, 0.15) is 6.54 Å². The van der Waals surface area contributed by atoms with E-state index in [2.05, 4.69) is 4.98 Å². The molecule has 1 aromatic rings. The monoisotopic (exact) mass is 182 g/mol. The van der Waals surface area contributed by atoms with Crippen LogP contribution in [0, 0.1) is 0 Å². The normalized spacial score (nSPS) is 10.0. The van der Waals surface area contributed by atoms with E-state index < -0.39 is 0 Å². The molecule has 0 fully saturated rings. The summed E-state index contributed by atoms with van der Waals surface area (Å²) >= 11 is 0. The molecule has 0 unspecified atom stereocenters. The number of hydrogen-bond acceptors (Lipinski definition) is 3. The molecule has 0 saturated carbocycles. The van der Waals surface area contributed by atoms with Crippen molar-refractivity contribution in [2.75, 3.05) is 19.3 Å². The smallest absolute Gasteiger partial charge is 0.242 e. The number of hydrogen-bond donors (Lipinski definition) is 1. The molecule has 5 heteroatoms. The molecule has 5 nitrogen and oxygen atoms in total. The van der Waals surface area contributed by atoms with Crippen LogP contribution >= 0.6 is 0 Å². The van der Waals surface area contributed by atoms with Crippen LogP contribution < -0.4 is 5.73 Å². The molecule has 0 aliphatic rings. The number of likely N-dealkylation sites (N-methyl/N-ethyl adjacent to an activating group) is 1. The number of carbonyl (C=O) groups is 1. The maximum atomic E-state index is 11.4. The average molecular weight is 182 g/mol. The number of nitrogens with two attached hydrogens (primary N) is 1. The van der Waals surface area contributed by atoms with E-state index in [0.29, 0.717) is 12.5 Å². The number of amides is 1. The van der Waals surface area contributed by atoms with Crippen molar-refractivity contribution in [3.05, 3.63) is 12.4 Å². The molecule has 1 amide bonds. The van der Waals surface area contributed by atoms with Gasteiger partial charge in [-0.1, -0.05) is 0 Å². The first kappa shape index (κ1) is 9.57. The van der Waals surface area contributed by atoms with Crippen molar-refractivity contribution in [1.29, 1.82) is 0 Å². The lowest BCUT2D eigenvalue weighted by Crippen LogP contribution is -2.30. The second-order valence-corrected chi connectivity index (χ2v) is 2.82. The van der Waals surface area contributed by atoms with Crippen molar-refractivity contribution in [1.82, 2.24) is 14.5 Å². The summed E-state index contributed by atoms with van der Waals surface area (Å²) in [5.74, 6) is 0.407. The summed E-state index contributed by atoms with van der Waals surface area (Å²) < 4.78 is 1.62. The van der Waals surface area contributed by atoms with Gasteiger partial charge in [0.2, 0.25) is 11.9 Å². The Morgan fingerprint density at radius 1 is 1.77 bits per heavy atom. The predicted octanol–water partition coefficient (Wildman–Crippen LogP) is -0.0564. The molecule has 2 N–H and O–H groups in total. The zero-order chi connectivity index (χ0) is 9.84. The van der Waals surface area contributed by atoms with Crippen LogP contribution in [0.25, 0.3) is 0 Å². The average Bonchev–Trinajstić information content (AvgIpc) is 2.50. The molecule has 0 saturated heterocycles. The predicted molar refractivity (Wildman–Crippen MR) is 50.0 cm³/mol. The quantitative estimate of drug-likeness (QED) is 0.712. The molecule has 0 aromatic carbocycles. The van der Waals surface area contributed by atoms with E-state index in [4.69, 9.17) is 5.73 Å². The van der Waals surface area contributed by atoms with Crippen LogP contribution in [-0.4, -0.2) is 34.0 Å². The summed E-state index contributed by atoms with van der Waals surface area (Å²) in [5.41, 5.74) is 5.51. The first-order valence-corrected chi connectivity index (χ1v) is 4.15. The topological polar surface area (TPSA) is 64.2 Å². The number of anilines is 1. The summed E-state index contributed by atoms with van der Waals surface area (Å²) in [4.78, 5) is 16.9. The van der Waals surface area contributed by atoms with E-state index in [-0.39, 0.29) is 12.5 Å². The third kappa shape index (κ3) is 2.21. The van der Waals surface area contributed by atoms with Crippen LogP contribution in [0.5, 0.6) is 0 Å². The molecule has 0 aliphatic heterocycles. The van der Waals surface area contributed by atoms with Crippen LogP contribution in [0.4, 0.5) is 5.95 Å².